The van der Waals surface area contributed by atoms with Crippen molar-refractivity contribution in [3.63, 3.8) is 0 Å². The molecule has 0 saturated heterocycles. The molecule has 0 spiro atoms. The smallest absolute Gasteiger partial charge is 0.111 e. The zero-order chi connectivity index (χ0) is 17.1. The first-order chi connectivity index (χ1) is 10.3. The molecule has 0 radical (unpaired) electrons. The zero-order valence-electron chi connectivity index (χ0n) is 14.2. The predicted octanol–water partition coefficient (Wildman–Crippen LogP) is -0.285. The van der Waals surface area contributed by atoms with E-state index in [2.05, 4.69) is 6.92 Å². The molecule has 128 valence electrons. The number of rotatable bonds is 13. The van der Waals surface area contributed by atoms with Gasteiger partial charge >= 0.3 is 0 Å². The molecule has 6 heteroatoms. The SMILES string of the molecule is [2H]C(CCCCCCC)N(C)C[C@H](O)[C@@H](O)[C@H](O)[C@H](O)CO. The van der Waals surface area contributed by atoms with E-state index in [9.17, 15) is 20.4 Å². The monoisotopic (exact) mass is 308 g/mol. The van der Waals surface area contributed by atoms with E-state index in [1.807, 2.05) is 0 Å². The van der Waals surface area contributed by atoms with Gasteiger partial charge in [-0.15, -0.1) is 0 Å². The van der Waals surface area contributed by atoms with Crippen molar-refractivity contribution in [3.05, 3.63) is 0 Å². The number of likely N-dealkylation sites (N-methyl/N-ethyl adjacent to an activating group) is 1. The molecular weight excluding hydrogens is 274 g/mol. The maximum atomic E-state index is 9.87. The average molecular weight is 308 g/mol. The summed E-state index contributed by atoms with van der Waals surface area (Å²) >= 11 is 0. The third-order valence-electron chi connectivity index (χ3n) is 3.55. The van der Waals surface area contributed by atoms with E-state index in [1.165, 1.54) is 19.3 Å². The lowest BCUT2D eigenvalue weighted by molar-refractivity contribution is -0.118. The lowest BCUT2D eigenvalue weighted by Crippen LogP contribution is -2.49. The Morgan fingerprint density at radius 3 is 2.00 bits per heavy atom. The van der Waals surface area contributed by atoms with Crippen LogP contribution in [0.1, 0.15) is 46.8 Å². The Hall–Kier alpha value is -0.240. The molecule has 0 aromatic rings. The summed E-state index contributed by atoms with van der Waals surface area (Å²) in [4.78, 5) is 1.60. The van der Waals surface area contributed by atoms with Crippen molar-refractivity contribution in [2.45, 2.75) is 69.9 Å². The molecule has 0 heterocycles. The number of nitrogens with zero attached hydrogens (tertiary/aromatic N) is 1. The van der Waals surface area contributed by atoms with Gasteiger partial charge in [-0.25, -0.2) is 0 Å². The summed E-state index contributed by atoms with van der Waals surface area (Å²) in [7, 11) is 1.68. The quantitative estimate of drug-likeness (QED) is 0.300. The largest absolute Gasteiger partial charge is 0.394 e. The summed E-state index contributed by atoms with van der Waals surface area (Å²) in [5, 5.41) is 47.1. The van der Waals surface area contributed by atoms with Gasteiger partial charge in [-0.2, -0.15) is 0 Å². The van der Waals surface area contributed by atoms with Gasteiger partial charge in [-0.05, 0) is 20.0 Å². The number of hydrogen-bond donors (Lipinski definition) is 5. The van der Waals surface area contributed by atoms with E-state index >= 15 is 0 Å². The number of aliphatic hydroxyl groups is 5. The minimum atomic E-state index is -1.62. The first-order valence-electron chi connectivity index (χ1n) is 8.38. The molecule has 0 aromatic carbocycles. The Labute approximate surface area is 129 Å². The van der Waals surface area contributed by atoms with Gasteiger partial charge < -0.3 is 30.4 Å². The van der Waals surface area contributed by atoms with Gasteiger partial charge in [0.1, 0.15) is 18.3 Å². The van der Waals surface area contributed by atoms with Gasteiger partial charge in [0.15, 0.2) is 0 Å². The van der Waals surface area contributed by atoms with E-state index in [4.69, 9.17) is 6.48 Å². The molecule has 0 fully saturated rings. The Bertz CT molecular complexity index is 272. The molecule has 0 aliphatic carbocycles. The summed E-state index contributed by atoms with van der Waals surface area (Å²) in [6, 6.07) is 0. The van der Waals surface area contributed by atoms with Crippen LogP contribution in [-0.4, -0.2) is 81.6 Å². The van der Waals surface area contributed by atoms with E-state index in [-0.39, 0.29) is 6.54 Å². The molecule has 0 aliphatic heterocycles. The highest BCUT2D eigenvalue weighted by Crippen LogP contribution is 2.08. The summed E-state index contributed by atoms with van der Waals surface area (Å²) < 4.78 is 8.00. The highest BCUT2D eigenvalue weighted by molar-refractivity contribution is 4.81. The molecule has 5 atom stereocenters. The Morgan fingerprint density at radius 1 is 0.905 bits per heavy atom. The van der Waals surface area contributed by atoms with Gasteiger partial charge in [0.2, 0.25) is 0 Å². The normalized spacial score (nSPS) is 19.9. The average Bonchev–Trinajstić information content (AvgIpc) is 2.51. The van der Waals surface area contributed by atoms with Gasteiger partial charge in [0, 0.05) is 7.92 Å². The topological polar surface area (TPSA) is 104 Å². The second kappa shape index (κ2) is 12.3. The van der Waals surface area contributed by atoms with Gasteiger partial charge in [0.05, 0.1) is 12.7 Å². The molecule has 1 unspecified atom stereocenters. The second-order valence-corrected chi connectivity index (χ2v) is 5.62. The fraction of sp³-hybridized carbons (Fsp3) is 1.00. The van der Waals surface area contributed by atoms with Crippen LogP contribution >= 0.6 is 0 Å². The lowest BCUT2D eigenvalue weighted by Gasteiger charge is -2.28. The summed E-state index contributed by atoms with van der Waals surface area (Å²) in [6.07, 6.45) is 0.282. The molecule has 5 N–H and O–H groups in total. The third kappa shape index (κ3) is 9.39. The van der Waals surface area contributed by atoms with Crippen LogP contribution in [0, 0.1) is 0 Å². The molecule has 0 aromatic heterocycles. The first kappa shape index (κ1) is 18.8. The van der Waals surface area contributed by atoms with Crippen LogP contribution in [0.15, 0.2) is 0 Å². The van der Waals surface area contributed by atoms with Crippen molar-refractivity contribution in [1.29, 1.82) is 0 Å². The van der Waals surface area contributed by atoms with E-state index < -0.39 is 37.5 Å². The highest BCUT2D eigenvalue weighted by atomic mass is 16.4. The van der Waals surface area contributed by atoms with E-state index in [0.717, 1.165) is 12.8 Å². The van der Waals surface area contributed by atoms with Crippen molar-refractivity contribution >= 4 is 0 Å². The Kier molecular flexibility index (Phi) is 11.0. The molecule has 0 amide bonds. The second-order valence-electron chi connectivity index (χ2n) is 5.62. The van der Waals surface area contributed by atoms with Crippen molar-refractivity contribution < 1.29 is 26.9 Å². The van der Waals surface area contributed by atoms with Crippen LogP contribution in [0.3, 0.4) is 0 Å². The van der Waals surface area contributed by atoms with Crippen molar-refractivity contribution in [2.24, 2.45) is 0 Å². The number of aliphatic hydroxyl groups excluding tert-OH is 5. The van der Waals surface area contributed by atoms with Crippen LogP contribution in [-0.2, 0) is 0 Å². The van der Waals surface area contributed by atoms with Crippen LogP contribution in [0.5, 0.6) is 0 Å². The molecule has 6 nitrogen and oxygen atoms in total. The van der Waals surface area contributed by atoms with Gasteiger partial charge in [-0.3, -0.25) is 0 Å². The van der Waals surface area contributed by atoms with Gasteiger partial charge in [0.25, 0.3) is 0 Å². The molecule has 0 saturated carbocycles. The lowest BCUT2D eigenvalue weighted by atomic mass is 10.0. The highest BCUT2D eigenvalue weighted by Gasteiger charge is 2.30. The third-order valence-corrected chi connectivity index (χ3v) is 3.55. The first-order valence-corrected chi connectivity index (χ1v) is 7.80. The standard InChI is InChI=1S/C15H33NO5/c1-3-4-5-6-7-8-9-16(2)10-12(18)14(20)15(21)13(19)11-17/h12-15,17-21H,3-11H2,1-2H3/t12-,13+,14+,15+/m0/s1/i9D/t9?,12-,13+,14+,15+. The maximum Gasteiger partial charge on any atom is 0.111 e. The Balaban J connectivity index is 4.08. The van der Waals surface area contributed by atoms with Crippen LogP contribution in [0.4, 0.5) is 0 Å². The van der Waals surface area contributed by atoms with Crippen LogP contribution in [0.25, 0.3) is 0 Å². The maximum absolute atomic E-state index is 9.87. The van der Waals surface area contributed by atoms with Crippen LogP contribution in [0.2, 0.25) is 0 Å². The van der Waals surface area contributed by atoms with Crippen molar-refractivity contribution in [1.82, 2.24) is 4.90 Å². The summed E-state index contributed by atoms with van der Waals surface area (Å²) in [6.45, 7) is 0.984. The van der Waals surface area contributed by atoms with Crippen molar-refractivity contribution in [2.75, 3.05) is 26.7 Å². The minimum absolute atomic E-state index is 0.0134. The van der Waals surface area contributed by atoms with Crippen LogP contribution < -0.4 is 0 Å². The van der Waals surface area contributed by atoms with E-state index in [1.54, 1.807) is 11.9 Å². The molecule has 0 bridgehead atoms. The number of unbranched alkanes of at least 4 members (excludes halogenated alkanes) is 4. The molecule has 0 aliphatic rings. The molecule has 0 rings (SSSR count). The zero-order valence-corrected chi connectivity index (χ0v) is 13.2. The van der Waals surface area contributed by atoms with Gasteiger partial charge in [-0.1, -0.05) is 39.0 Å². The minimum Gasteiger partial charge on any atom is -0.394 e. The predicted molar refractivity (Wildman–Crippen MR) is 82.0 cm³/mol. The van der Waals surface area contributed by atoms with Crippen molar-refractivity contribution in [3.8, 4) is 0 Å². The van der Waals surface area contributed by atoms with E-state index in [0.29, 0.717) is 6.42 Å². The fourth-order valence-electron chi connectivity index (χ4n) is 2.10. The number of hydrogen-bond acceptors (Lipinski definition) is 6. The molecule has 21 heavy (non-hydrogen) atoms. The summed E-state index contributed by atoms with van der Waals surface area (Å²) in [5.41, 5.74) is 0. The molecular formula is C15H33NO5. The summed E-state index contributed by atoms with van der Waals surface area (Å²) in [5.74, 6) is 0. The Morgan fingerprint density at radius 2 is 1.43 bits per heavy atom. The fourth-order valence-corrected chi connectivity index (χ4v) is 2.10.